The number of nitrogens with zero attached hydrogens (tertiary/aromatic N) is 2. The zero-order chi connectivity index (χ0) is 24.9. The summed E-state index contributed by atoms with van der Waals surface area (Å²) in [5.74, 6) is -1.27. The normalized spacial score (nSPS) is 19.9. The molecule has 9 nitrogen and oxygen atoms in total. The second kappa shape index (κ2) is 10.9. The number of ether oxygens (including phenoxy) is 1. The van der Waals surface area contributed by atoms with Gasteiger partial charge in [0.25, 0.3) is 0 Å². The maximum absolute atomic E-state index is 13.5. The van der Waals surface area contributed by atoms with Crippen LogP contribution in [0, 0.1) is 5.92 Å². The molecule has 0 bridgehead atoms. The Labute approximate surface area is 205 Å². The minimum Gasteiger partial charge on any atom is -0.467 e. The zero-order valence-corrected chi connectivity index (χ0v) is 20.4. The summed E-state index contributed by atoms with van der Waals surface area (Å²) in [7, 11) is 1.29. The molecule has 188 valence electrons. The third-order valence-corrected chi connectivity index (χ3v) is 7.27. The third-order valence-electron chi connectivity index (χ3n) is 7.27. The van der Waals surface area contributed by atoms with Gasteiger partial charge in [-0.15, -0.1) is 0 Å². The molecule has 35 heavy (non-hydrogen) atoms. The van der Waals surface area contributed by atoms with Crippen LogP contribution in [0.2, 0.25) is 0 Å². The lowest BCUT2D eigenvalue weighted by Gasteiger charge is -2.42. The summed E-state index contributed by atoms with van der Waals surface area (Å²) in [5, 5.41) is 3.79. The minimum atomic E-state index is -0.925. The Morgan fingerprint density at radius 1 is 1.11 bits per heavy atom. The van der Waals surface area contributed by atoms with Crippen molar-refractivity contribution in [2.24, 2.45) is 5.92 Å². The standard InChI is InChI=1S/C26H34N4O5/c1-17(31)29-12-13-30(25(33)18-8-4-3-5-9-18)23(16-29)24(32)28-22(26(34)35-2)14-19-15-27-21-11-7-6-10-20(19)21/h6-7,10-11,15,18,22-23,27H,3-5,8-9,12-14,16H2,1-2H3,(H,28,32)/t22-,23+/m1/s1. The lowest BCUT2D eigenvalue weighted by molar-refractivity contribution is -0.153. The summed E-state index contributed by atoms with van der Waals surface area (Å²) >= 11 is 0. The van der Waals surface area contributed by atoms with Crippen LogP contribution < -0.4 is 5.32 Å². The fourth-order valence-electron chi connectivity index (χ4n) is 5.27. The summed E-state index contributed by atoms with van der Waals surface area (Å²) in [6.07, 6.45) is 6.86. The van der Waals surface area contributed by atoms with Crippen LogP contribution in [-0.4, -0.2) is 77.3 Å². The van der Waals surface area contributed by atoms with Gasteiger partial charge in [0.15, 0.2) is 0 Å². The van der Waals surface area contributed by atoms with Crippen LogP contribution in [0.4, 0.5) is 0 Å². The Morgan fingerprint density at radius 3 is 2.57 bits per heavy atom. The number of nitrogens with one attached hydrogen (secondary N) is 2. The Morgan fingerprint density at radius 2 is 1.86 bits per heavy atom. The molecule has 0 unspecified atom stereocenters. The fourth-order valence-corrected chi connectivity index (χ4v) is 5.27. The van der Waals surface area contributed by atoms with Crippen molar-refractivity contribution >= 4 is 34.6 Å². The number of fused-ring (bicyclic) bond motifs is 1. The second-order valence-electron chi connectivity index (χ2n) is 9.50. The van der Waals surface area contributed by atoms with Crippen molar-refractivity contribution in [3.63, 3.8) is 0 Å². The van der Waals surface area contributed by atoms with E-state index in [4.69, 9.17) is 4.74 Å². The Hall–Kier alpha value is -3.36. The minimum absolute atomic E-state index is 0.0284. The van der Waals surface area contributed by atoms with Gasteiger partial charge in [0.1, 0.15) is 12.1 Å². The first kappa shape index (κ1) is 24.8. The van der Waals surface area contributed by atoms with E-state index in [0.29, 0.717) is 13.1 Å². The number of rotatable bonds is 6. The van der Waals surface area contributed by atoms with Gasteiger partial charge in [-0.25, -0.2) is 4.79 Å². The number of piperazine rings is 1. The molecule has 0 radical (unpaired) electrons. The highest BCUT2D eigenvalue weighted by Crippen LogP contribution is 2.27. The predicted octanol–water partition coefficient (Wildman–Crippen LogP) is 2.01. The molecular weight excluding hydrogens is 448 g/mol. The number of hydrogen-bond acceptors (Lipinski definition) is 5. The molecule has 2 aliphatic rings. The molecule has 1 aliphatic heterocycles. The highest BCUT2D eigenvalue weighted by Gasteiger charge is 2.40. The van der Waals surface area contributed by atoms with E-state index >= 15 is 0 Å². The monoisotopic (exact) mass is 482 g/mol. The molecule has 2 fully saturated rings. The Bertz CT molecular complexity index is 1090. The largest absolute Gasteiger partial charge is 0.467 e. The van der Waals surface area contributed by atoms with Crippen LogP contribution in [-0.2, 0) is 30.3 Å². The van der Waals surface area contributed by atoms with Gasteiger partial charge in [-0.3, -0.25) is 14.4 Å². The Balaban J connectivity index is 1.54. The van der Waals surface area contributed by atoms with Gasteiger partial charge in [0, 0.05) is 49.5 Å². The lowest BCUT2D eigenvalue weighted by Crippen LogP contribution is -2.63. The molecule has 2 atom stereocenters. The number of H-pyrrole nitrogens is 1. The van der Waals surface area contributed by atoms with Crippen LogP contribution in [0.25, 0.3) is 10.9 Å². The summed E-state index contributed by atoms with van der Waals surface area (Å²) < 4.78 is 4.98. The van der Waals surface area contributed by atoms with E-state index in [9.17, 15) is 19.2 Å². The molecule has 4 rings (SSSR count). The van der Waals surface area contributed by atoms with E-state index in [1.54, 1.807) is 9.80 Å². The smallest absolute Gasteiger partial charge is 0.328 e. The van der Waals surface area contributed by atoms with Crippen molar-refractivity contribution in [3.05, 3.63) is 36.0 Å². The second-order valence-corrected chi connectivity index (χ2v) is 9.50. The summed E-state index contributed by atoms with van der Waals surface area (Å²) in [5.41, 5.74) is 1.81. The number of carbonyl (C=O) groups is 4. The molecular formula is C26H34N4O5. The molecule has 1 saturated carbocycles. The van der Waals surface area contributed by atoms with E-state index in [2.05, 4.69) is 10.3 Å². The first-order valence-electron chi connectivity index (χ1n) is 12.4. The number of hydrogen-bond donors (Lipinski definition) is 2. The van der Waals surface area contributed by atoms with Crippen LogP contribution >= 0.6 is 0 Å². The van der Waals surface area contributed by atoms with Gasteiger partial charge in [0.05, 0.1) is 13.7 Å². The average Bonchev–Trinajstić information content (AvgIpc) is 3.30. The molecule has 3 amide bonds. The van der Waals surface area contributed by atoms with Crippen LogP contribution in [0.5, 0.6) is 0 Å². The summed E-state index contributed by atoms with van der Waals surface area (Å²) in [6, 6.07) is 5.96. The third kappa shape index (κ3) is 5.49. The predicted molar refractivity (Wildman–Crippen MR) is 130 cm³/mol. The van der Waals surface area contributed by atoms with Gasteiger partial charge in [-0.1, -0.05) is 37.5 Å². The highest BCUT2D eigenvalue weighted by molar-refractivity contribution is 5.93. The SMILES string of the molecule is COC(=O)[C@@H](Cc1c[nH]c2ccccc12)NC(=O)[C@@H]1CN(C(C)=O)CCN1C(=O)C1CCCCC1. The van der Waals surface area contributed by atoms with Gasteiger partial charge in [-0.2, -0.15) is 0 Å². The molecule has 1 aromatic carbocycles. The number of aromatic amines is 1. The molecule has 1 aliphatic carbocycles. The van der Waals surface area contributed by atoms with Crippen molar-refractivity contribution in [3.8, 4) is 0 Å². The van der Waals surface area contributed by atoms with Crippen molar-refractivity contribution in [2.45, 2.75) is 57.5 Å². The van der Waals surface area contributed by atoms with E-state index in [1.807, 2.05) is 30.5 Å². The van der Waals surface area contributed by atoms with Gasteiger partial charge >= 0.3 is 5.97 Å². The van der Waals surface area contributed by atoms with Gasteiger partial charge in [-0.05, 0) is 24.5 Å². The summed E-state index contributed by atoms with van der Waals surface area (Å²) in [4.78, 5) is 58.0. The van der Waals surface area contributed by atoms with E-state index < -0.39 is 24.0 Å². The lowest BCUT2D eigenvalue weighted by atomic mass is 9.87. The first-order valence-corrected chi connectivity index (χ1v) is 12.4. The summed E-state index contributed by atoms with van der Waals surface area (Å²) in [6.45, 7) is 2.27. The van der Waals surface area contributed by atoms with E-state index in [1.165, 1.54) is 14.0 Å². The van der Waals surface area contributed by atoms with Crippen molar-refractivity contribution in [1.82, 2.24) is 20.1 Å². The van der Waals surface area contributed by atoms with Crippen LogP contribution in [0.15, 0.2) is 30.5 Å². The number of methoxy groups -OCH3 is 1. The molecule has 9 heteroatoms. The van der Waals surface area contributed by atoms with Crippen LogP contribution in [0.3, 0.4) is 0 Å². The first-order chi connectivity index (χ1) is 16.9. The number of para-hydroxylation sites is 1. The number of esters is 1. The Kier molecular flexibility index (Phi) is 7.73. The zero-order valence-electron chi connectivity index (χ0n) is 20.4. The number of aromatic nitrogens is 1. The molecule has 2 aromatic rings. The average molecular weight is 483 g/mol. The van der Waals surface area contributed by atoms with E-state index in [0.717, 1.165) is 48.6 Å². The molecule has 2 heterocycles. The van der Waals surface area contributed by atoms with Crippen LogP contribution in [0.1, 0.15) is 44.6 Å². The van der Waals surface area contributed by atoms with Crippen molar-refractivity contribution in [1.29, 1.82) is 0 Å². The number of carbonyl (C=O) groups excluding carboxylic acids is 4. The number of benzene rings is 1. The van der Waals surface area contributed by atoms with Gasteiger partial charge < -0.3 is 24.8 Å². The molecule has 1 aromatic heterocycles. The van der Waals surface area contributed by atoms with Gasteiger partial charge in [0.2, 0.25) is 17.7 Å². The van der Waals surface area contributed by atoms with Crippen molar-refractivity contribution in [2.75, 3.05) is 26.7 Å². The van der Waals surface area contributed by atoms with E-state index in [-0.39, 0.29) is 30.7 Å². The molecule has 0 spiro atoms. The maximum Gasteiger partial charge on any atom is 0.328 e. The van der Waals surface area contributed by atoms with Crippen molar-refractivity contribution < 1.29 is 23.9 Å². The molecule has 1 saturated heterocycles. The number of amides is 3. The fraction of sp³-hybridized carbons (Fsp3) is 0.538. The molecule has 2 N–H and O–H groups in total. The quantitative estimate of drug-likeness (QED) is 0.612. The highest BCUT2D eigenvalue weighted by atomic mass is 16.5. The maximum atomic E-state index is 13.5. The topological polar surface area (TPSA) is 112 Å².